The van der Waals surface area contributed by atoms with Gasteiger partial charge in [-0.15, -0.1) is 0 Å². The molecule has 2 rings (SSSR count). The van der Waals surface area contributed by atoms with E-state index in [9.17, 15) is 8.42 Å². The summed E-state index contributed by atoms with van der Waals surface area (Å²) in [5.41, 5.74) is 1.65. The average Bonchev–Trinajstić information content (AvgIpc) is 2.37. The third kappa shape index (κ3) is 3.85. The van der Waals surface area contributed by atoms with Crippen LogP contribution >= 0.6 is 47.8 Å². The van der Waals surface area contributed by atoms with Crippen molar-refractivity contribution in [3.8, 4) is 0 Å². The molecule has 112 valence electrons. The lowest BCUT2D eigenvalue weighted by Gasteiger charge is -2.11. The van der Waals surface area contributed by atoms with Gasteiger partial charge in [-0.2, -0.15) is 0 Å². The molecule has 0 amide bonds. The van der Waals surface area contributed by atoms with Crippen molar-refractivity contribution in [3.05, 3.63) is 48.9 Å². The van der Waals surface area contributed by atoms with Crippen LogP contribution in [0.3, 0.4) is 0 Å². The number of nitrogens with one attached hydrogen (secondary N) is 1. The number of halogens is 3. The van der Waals surface area contributed by atoms with Crippen LogP contribution in [0.2, 0.25) is 0 Å². The van der Waals surface area contributed by atoms with Gasteiger partial charge < -0.3 is 0 Å². The highest BCUT2D eigenvalue weighted by Gasteiger charge is 2.20. The molecule has 0 saturated heterocycles. The van der Waals surface area contributed by atoms with Gasteiger partial charge in [0.05, 0.1) is 5.69 Å². The molecule has 4 nitrogen and oxygen atoms in total. The number of nitrogens with zero attached hydrogens (tertiary/aromatic N) is 1. The molecular formula is C13H11Br3N2O2S. The monoisotopic (exact) mass is 496 g/mol. The minimum absolute atomic E-state index is 0.155. The third-order valence-corrected chi connectivity index (χ3v) is 6.77. The average molecular weight is 499 g/mol. The van der Waals surface area contributed by atoms with E-state index in [1.807, 2.05) is 6.92 Å². The van der Waals surface area contributed by atoms with Crippen molar-refractivity contribution in [2.24, 2.45) is 0 Å². The van der Waals surface area contributed by atoms with Crippen molar-refractivity contribution in [2.45, 2.75) is 18.7 Å². The molecule has 0 fully saturated rings. The van der Waals surface area contributed by atoms with E-state index in [4.69, 9.17) is 0 Å². The first-order valence-corrected chi connectivity index (χ1v) is 9.68. The summed E-state index contributed by atoms with van der Waals surface area (Å²) in [7, 11) is -3.72. The Morgan fingerprint density at radius 1 is 1.00 bits per heavy atom. The van der Waals surface area contributed by atoms with Gasteiger partial charge in [0.1, 0.15) is 10.7 Å². The summed E-state index contributed by atoms with van der Waals surface area (Å²) in [6.45, 7) is 3.68. The maximum atomic E-state index is 12.5. The van der Waals surface area contributed by atoms with E-state index in [1.165, 1.54) is 0 Å². The Labute approximate surface area is 148 Å². The van der Waals surface area contributed by atoms with Crippen molar-refractivity contribution in [3.63, 3.8) is 0 Å². The maximum Gasteiger partial charge on any atom is 0.264 e. The Morgan fingerprint density at radius 3 is 2.29 bits per heavy atom. The fraction of sp³-hybridized carbons (Fsp3) is 0.154. The smallest absolute Gasteiger partial charge is 0.263 e. The van der Waals surface area contributed by atoms with Crippen LogP contribution in [0.5, 0.6) is 0 Å². The van der Waals surface area contributed by atoms with Gasteiger partial charge in [-0.25, -0.2) is 13.4 Å². The van der Waals surface area contributed by atoms with Crippen LogP contribution in [0.1, 0.15) is 11.3 Å². The molecule has 0 bridgehead atoms. The topological polar surface area (TPSA) is 59.1 Å². The second-order valence-electron chi connectivity index (χ2n) is 4.40. The van der Waals surface area contributed by atoms with Crippen LogP contribution in [-0.2, 0) is 10.0 Å². The lowest BCUT2D eigenvalue weighted by Crippen LogP contribution is -2.15. The minimum atomic E-state index is -3.72. The van der Waals surface area contributed by atoms with Gasteiger partial charge in [0.15, 0.2) is 0 Å². The molecule has 0 aliphatic rings. The number of benzene rings is 1. The predicted molar refractivity (Wildman–Crippen MR) is 94.1 cm³/mol. The van der Waals surface area contributed by atoms with Gasteiger partial charge in [0.25, 0.3) is 10.0 Å². The fourth-order valence-electron chi connectivity index (χ4n) is 1.63. The molecule has 8 heteroatoms. The van der Waals surface area contributed by atoms with E-state index in [2.05, 4.69) is 57.5 Å². The second-order valence-corrected chi connectivity index (χ2v) is 8.61. The third-order valence-electron chi connectivity index (χ3n) is 2.76. The lowest BCUT2D eigenvalue weighted by atomic mass is 10.2. The Kier molecular flexibility index (Phi) is 5.12. The Hall–Kier alpha value is -0.440. The van der Waals surface area contributed by atoms with Gasteiger partial charge in [0, 0.05) is 13.4 Å². The quantitative estimate of drug-likeness (QED) is 0.662. The van der Waals surface area contributed by atoms with Crippen LogP contribution < -0.4 is 4.72 Å². The number of hydrogen-bond donors (Lipinski definition) is 1. The number of sulfonamides is 1. The van der Waals surface area contributed by atoms with Gasteiger partial charge >= 0.3 is 0 Å². The van der Waals surface area contributed by atoms with Crippen molar-refractivity contribution in [1.29, 1.82) is 0 Å². The maximum absolute atomic E-state index is 12.5. The van der Waals surface area contributed by atoms with Crippen molar-refractivity contribution >= 4 is 63.6 Å². The first kappa shape index (κ1) is 16.9. The Morgan fingerprint density at radius 2 is 1.67 bits per heavy atom. The van der Waals surface area contributed by atoms with E-state index in [1.54, 1.807) is 31.2 Å². The largest absolute Gasteiger partial charge is 0.264 e. The molecule has 0 aliphatic carbocycles. The first-order valence-electron chi connectivity index (χ1n) is 5.82. The molecule has 0 aliphatic heterocycles. The SMILES string of the molecule is Cc1cc(Br)c(S(=O)(=O)Nc2ccc(Br)c(C)n2)cc1Br. The molecule has 0 saturated carbocycles. The molecule has 0 unspecified atom stereocenters. The molecule has 0 atom stereocenters. The number of hydrogen-bond acceptors (Lipinski definition) is 3. The number of rotatable bonds is 3. The molecule has 1 aromatic heterocycles. The summed E-state index contributed by atoms with van der Waals surface area (Å²) in [6.07, 6.45) is 0. The van der Waals surface area contributed by atoms with Crippen molar-refractivity contribution in [2.75, 3.05) is 4.72 Å². The van der Waals surface area contributed by atoms with Crippen LogP contribution in [0.25, 0.3) is 0 Å². The number of aryl methyl sites for hydroxylation is 2. The first-order chi connectivity index (χ1) is 9.70. The zero-order valence-corrected chi connectivity index (χ0v) is 16.7. The van der Waals surface area contributed by atoms with Crippen LogP contribution in [0.15, 0.2) is 42.6 Å². The molecular weight excluding hydrogens is 488 g/mol. The van der Waals surface area contributed by atoms with E-state index in [0.29, 0.717) is 10.2 Å². The minimum Gasteiger partial charge on any atom is -0.263 e. The molecule has 2 aromatic rings. The second kappa shape index (κ2) is 6.36. The highest BCUT2D eigenvalue weighted by Crippen LogP contribution is 2.30. The van der Waals surface area contributed by atoms with Gasteiger partial charge in [-0.3, -0.25) is 4.72 Å². The summed E-state index contributed by atoms with van der Waals surface area (Å²) >= 11 is 9.96. The molecule has 21 heavy (non-hydrogen) atoms. The highest BCUT2D eigenvalue weighted by atomic mass is 79.9. The number of anilines is 1. The van der Waals surface area contributed by atoms with Gasteiger partial charge in [0.2, 0.25) is 0 Å². The number of aromatic nitrogens is 1. The van der Waals surface area contributed by atoms with E-state index >= 15 is 0 Å². The Balaban J connectivity index is 2.43. The summed E-state index contributed by atoms with van der Waals surface area (Å²) in [5, 5.41) is 0. The van der Waals surface area contributed by atoms with E-state index < -0.39 is 10.0 Å². The molecule has 0 spiro atoms. The standard InChI is InChI=1S/C13H11Br3N2O2S/c1-7-5-11(16)12(6-10(7)15)21(19,20)18-13-4-3-9(14)8(2)17-13/h3-6H,1-2H3,(H,17,18). The van der Waals surface area contributed by atoms with Crippen molar-refractivity contribution < 1.29 is 8.42 Å². The normalized spacial score (nSPS) is 11.5. The van der Waals surface area contributed by atoms with Crippen LogP contribution in [0.4, 0.5) is 5.82 Å². The van der Waals surface area contributed by atoms with Crippen molar-refractivity contribution in [1.82, 2.24) is 4.98 Å². The summed E-state index contributed by atoms with van der Waals surface area (Å²) in [4.78, 5) is 4.34. The summed E-state index contributed by atoms with van der Waals surface area (Å²) in [5.74, 6) is 0.277. The zero-order valence-electron chi connectivity index (χ0n) is 11.1. The zero-order chi connectivity index (χ0) is 15.8. The van der Waals surface area contributed by atoms with E-state index in [0.717, 1.165) is 14.5 Å². The summed E-state index contributed by atoms with van der Waals surface area (Å²) < 4.78 is 29.5. The lowest BCUT2D eigenvalue weighted by molar-refractivity contribution is 0.600. The van der Waals surface area contributed by atoms with Crippen LogP contribution in [0, 0.1) is 13.8 Å². The molecule has 0 radical (unpaired) electrons. The molecule has 1 N–H and O–H groups in total. The van der Waals surface area contributed by atoms with Crippen LogP contribution in [-0.4, -0.2) is 13.4 Å². The predicted octanol–water partition coefficient (Wildman–Crippen LogP) is 4.79. The molecule has 1 aromatic carbocycles. The molecule has 1 heterocycles. The van der Waals surface area contributed by atoms with E-state index in [-0.39, 0.29) is 10.7 Å². The summed E-state index contributed by atoms with van der Waals surface area (Å²) in [6, 6.07) is 6.67. The fourth-order valence-corrected chi connectivity index (χ4v) is 4.53. The number of pyridine rings is 1. The Bertz CT molecular complexity index is 807. The van der Waals surface area contributed by atoms with Gasteiger partial charge in [-0.1, -0.05) is 15.9 Å². The van der Waals surface area contributed by atoms with Gasteiger partial charge in [-0.05, 0) is 75.5 Å². The highest BCUT2D eigenvalue weighted by molar-refractivity contribution is 9.11.